The topological polar surface area (TPSA) is 66.4 Å². The Morgan fingerprint density at radius 2 is 1.65 bits per heavy atom. The lowest BCUT2D eigenvalue weighted by Gasteiger charge is -2.12. The highest BCUT2D eigenvalue weighted by molar-refractivity contribution is 7.92. The standard InChI is InChI=1S/C18H23NO3S/c1-13(2)10-15-6-8-17(9-7-15)23(21,22)19-18-11-16(12-20)5-4-14(18)3/h4-9,11,13,19-20H,10,12H2,1-3H3. The van der Waals surface area contributed by atoms with Crippen LogP contribution in [0.25, 0.3) is 0 Å². The Morgan fingerprint density at radius 1 is 1.04 bits per heavy atom. The lowest BCUT2D eigenvalue weighted by atomic mass is 10.0. The van der Waals surface area contributed by atoms with Crippen LogP contribution in [-0.4, -0.2) is 13.5 Å². The molecule has 0 radical (unpaired) electrons. The summed E-state index contributed by atoms with van der Waals surface area (Å²) in [6.07, 6.45) is 0.922. The minimum atomic E-state index is -3.64. The molecule has 0 amide bonds. The van der Waals surface area contributed by atoms with Crippen molar-refractivity contribution in [1.82, 2.24) is 0 Å². The molecule has 0 aliphatic carbocycles. The summed E-state index contributed by atoms with van der Waals surface area (Å²) in [5.41, 5.74) is 3.09. The zero-order valence-electron chi connectivity index (χ0n) is 13.7. The van der Waals surface area contributed by atoms with Crippen molar-refractivity contribution in [2.24, 2.45) is 5.92 Å². The van der Waals surface area contributed by atoms with E-state index in [1.54, 1.807) is 30.3 Å². The Hall–Kier alpha value is -1.85. The molecular weight excluding hydrogens is 310 g/mol. The molecule has 0 aliphatic heterocycles. The molecule has 0 heterocycles. The summed E-state index contributed by atoms with van der Waals surface area (Å²) in [5, 5.41) is 9.19. The molecule has 2 aromatic carbocycles. The van der Waals surface area contributed by atoms with Gasteiger partial charge in [0, 0.05) is 0 Å². The molecule has 4 nitrogen and oxygen atoms in total. The smallest absolute Gasteiger partial charge is 0.261 e. The third kappa shape index (κ3) is 4.56. The first kappa shape index (κ1) is 17.5. The normalized spacial score (nSPS) is 11.7. The number of rotatable bonds is 6. The van der Waals surface area contributed by atoms with Crippen LogP contribution < -0.4 is 4.72 Å². The molecule has 2 aromatic rings. The second-order valence-corrected chi connectivity index (χ2v) is 7.84. The Balaban J connectivity index is 2.25. The molecule has 0 aromatic heterocycles. The van der Waals surface area contributed by atoms with Crippen molar-refractivity contribution in [2.75, 3.05) is 4.72 Å². The molecular formula is C18H23NO3S. The van der Waals surface area contributed by atoms with E-state index in [2.05, 4.69) is 18.6 Å². The lowest BCUT2D eigenvalue weighted by Crippen LogP contribution is -2.14. The number of hydrogen-bond acceptors (Lipinski definition) is 3. The van der Waals surface area contributed by atoms with Gasteiger partial charge in [0.25, 0.3) is 10.0 Å². The molecule has 0 saturated heterocycles. The van der Waals surface area contributed by atoms with Gasteiger partial charge in [-0.15, -0.1) is 0 Å². The van der Waals surface area contributed by atoms with Crippen molar-refractivity contribution in [3.05, 3.63) is 59.2 Å². The van der Waals surface area contributed by atoms with Crippen molar-refractivity contribution < 1.29 is 13.5 Å². The average Bonchev–Trinajstić information content (AvgIpc) is 2.49. The number of anilines is 1. The van der Waals surface area contributed by atoms with Crippen LogP contribution in [0.15, 0.2) is 47.4 Å². The van der Waals surface area contributed by atoms with Gasteiger partial charge in [-0.25, -0.2) is 8.42 Å². The zero-order chi connectivity index (χ0) is 17.0. The van der Waals surface area contributed by atoms with Crippen LogP contribution >= 0.6 is 0 Å². The second kappa shape index (κ2) is 7.15. The van der Waals surface area contributed by atoms with Gasteiger partial charge in [0.15, 0.2) is 0 Å². The SMILES string of the molecule is Cc1ccc(CO)cc1NS(=O)(=O)c1ccc(CC(C)C)cc1. The fourth-order valence-electron chi connectivity index (χ4n) is 2.36. The molecule has 23 heavy (non-hydrogen) atoms. The molecule has 124 valence electrons. The van der Waals surface area contributed by atoms with Gasteiger partial charge in [0.1, 0.15) is 0 Å². The molecule has 0 bridgehead atoms. The van der Waals surface area contributed by atoms with Crippen LogP contribution in [0, 0.1) is 12.8 Å². The van der Waals surface area contributed by atoms with Gasteiger partial charge in [0.2, 0.25) is 0 Å². The number of aryl methyl sites for hydroxylation is 1. The molecule has 0 unspecified atom stereocenters. The maximum atomic E-state index is 12.5. The van der Waals surface area contributed by atoms with E-state index in [4.69, 9.17) is 0 Å². The van der Waals surface area contributed by atoms with Crippen LogP contribution in [0.2, 0.25) is 0 Å². The first-order valence-electron chi connectivity index (χ1n) is 7.64. The minimum absolute atomic E-state index is 0.126. The average molecular weight is 333 g/mol. The maximum Gasteiger partial charge on any atom is 0.261 e. The van der Waals surface area contributed by atoms with E-state index in [1.165, 1.54) is 0 Å². The highest BCUT2D eigenvalue weighted by atomic mass is 32.2. The summed E-state index contributed by atoms with van der Waals surface area (Å²) in [7, 11) is -3.64. The Labute approximate surface area is 138 Å². The fourth-order valence-corrected chi connectivity index (χ4v) is 3.48. The fraction of sp³-hybridized carbons (Fsp3) is 0.333. The Kier molecular flexibility index (Phi) is 5.44. The summed E-state index contributed by atoms with van der Waals surface area (Å²) >= 11 is 0. The molecule has 0 saturated carbocycles. The number of benzene rings is 2. The van der Waals surface area contributed by atoms with Crippen LogP contribution in [0.3, 0.4) is 0 Å². The van der Waals surface area contributed by atoms with E-state index < -0.39 is 10.0 Å². The summed E-state index contributed by atoms with van der Waals surface area (Å²) in [4.78, 5) is 0.235. The van der Waals surface area contributed by atoms with Gasteiger partial charge < -0.3 is 5.11 Å². The molecule has 2 N–H and O–H groups in total. The van der Waals surface area contributed by atoms with Gasteiger partial charge in [-0.1, -0.05) is 38.1 Å². The van der Waals surface area contributed by atoms with E-state index in [-0.39, 0.29) is 11.5 Å². The van der Waals surface area contributed by atoms with Gasteiger partial charge in [-0.3, -0.25) is 4.72 Å². The first-order chi connectivity index (χ1) is 10.8. The maximum absolute atomic E-state index is 12.5. The molecule has 0 aliphatic rings. The predicted molar refractivity (Wildman–Crippen MR) is 92.9 cm³/mol. The first-order valence-corrected chi connectivity index (χ1v) is 9.12. The quantitative estimate of drug-likeness (QED) is 0.850. The van der Waals surface area contributed by atoms with Gasteiger partial charge in [-0.05, 0) is 54.2 Å². The summed E-state index contributed by atoms with van der Waals surface area (Å²) in [5.74, 6) is 0.527. The molecule has 0 fully saturated rings. The van der Waals surface area contributed by atoms with E-state index in [0.29, 0.717) is 17.2 Å². The highest BCUT2D eigenvalue weighted by Gasteiger charge is 2.15. The van der Waals surface area contributed by atoms with Crippen molar-refractivity contribution in [3.8, 4) is 0 Å². The monoisotopic (exact) mass is 333 g/mol. The summed E-state index contributed by atoms with van der Waals surface area (Å²) in [6, 6.07) is 12.2. The van der Waals surface area contributed by atoms with Crippen molar-refractivity contribution in [1.29, 1.82) is 0 Å². The van der Waals surface area contributed by atoms with Gasteiger partial charge in [0.05, 0.1) is 17.2 Å². The van der Waals surface area contributed by atoms with Gasteiger partial charge in [-0.2, -0.15) is 0 Å². The summed E-state index contributed by atoms with van der Waals surface area (Å²) < 4.78 is 27.6. The van der Waals surface area contributed by atoms with Gasteiger partial charge >= 0.3 is 0 Å². The minimum Gasteiger partial charge on any atom is -0.392 e. The van der Waals surface area contributed by atoms with Crippen molar-refractivity contribution in [2.45, 2.75) is 38.7 Å². The Bertz CT molecular complexity index is 765. The molecule has 2 rings (SSSR count). The van der Waals surface area contributed by atoms with E-state index in [0.717, 1.165) is 17.5 Å². The van der Waals surface area contributed by atoms with Crippen LogP contribution in [0.4, 0.5) is 5.69 Å². The highest BCUT2D eigenvalue weighted by Crippen LogP contribution is 2.22. The number of hydrogen-bond donors (Lipinski definition) is 2. The molecule has 5 heteroatoms. The zero-order valence-corrected chi connectivity index (χ0v) is 14.5. The van der Waals surface area contributed by atoms with E-state index >= 15 is 0 Å². The second-order valence-electron chi connectivity index (χ2n) is 6.15. The van der Waals surface area contributed by atoms with Crippen LogP contribution in [0.5, 0.6) is 0 Å². The van der Waals surface area contributed by atoms with Crippen LogP contribution in [-0.2, 0) is 23.1 Å². The van der Waals surface area contributed by atoms with E-state index in [1.807, 2.05) is 19.1 Å². The van der Waals surface area contributed by atoms with Crippen LogP contribution in [0.1, 0.15) is 30.5 Å². The lowest BCUT2D eigenvalue weighted by molar-refractivity contribution is 0.282. The number of nitrogens with one attached hydrogen (secondary N) is 1. The third-order valence-corrected chi connectivity index (χ3v) is 4.99. The predicted octanol–water partition coefficient (Wildman–Crippen LogP) is 3.49. The third-order valence-electron chi connectivity index (χ3n) is 3.61. The van der Waals surface area contributed by atoms with Crippen molar-refractivity contribution >= 4 is 15.7 Å². The van der Waals surface area contributed by atoms with E-state index in [9.17, 15) is 13.5 Å². The Morgan fingerprint density at radius 3 is 2.22 bits per heavy atom. The largest absolute Gasteiger partial charge is 0.392 e. The number of aliphatic hydroxyl groups excluding tert-OH is 1. The molecule has 0 spiro atoms. The number of aliphatic hydroxyl groups is 1. The number of sulfonamides is 1. The molecule has 0 atom stereocenters. The summed E-state index contributed by atoms with van der Waals surface area (Å²) in [6.45, 7) is 5.95. The van der Waals surface area contributed by atoms with Crippen molar-refractivity contribution in [3.63, 3.8) is 0 Å².